The summed E-state index contributed by atoms with van der Waals surface area (Å²) in [5, 5.41) is 9.53. The number of nitrogens with zero attached hydrogens (tertiary/aromatic N) is 2. The molecule has 6 heteroatoms. The molecule has 0 bridgehead atoms. The van der Waals surface area contributed by atoms with Crippen molar-refractivity contribution in [3.8, 4) is 0 Å². The van der Waals surface area contributed by atoms with Gasteiger partial charge in [-0.2, -0.15) is 0 Å². The Morgan fingerprint density at radius 2 is 2.06 bits per heavy atom. The molecular weight excluding hydrogens is 240 g/mol. The molecule has 0 aromatic carbocycles. The van der Waals surface area contributed by atoms with Crippen LogP contribution in [-0.2, 0) is 4.79 Å². The first-order valence-corrected chi connectivity index (χ1v) is 6.07. The molecule has 1 aromatic rings. The number of amides is 1. The molecule has 1 unspecified atom stereocenters. The minimum absolute atomic E-state index is 0.0651. The third-order valence-electron chi connectivity index (χ3n) is 2.56. The zero-order valence-electron chi connectivity index (χ0n) is 10.4. The van der Waals surface area contributed by atoms with Crippen LogP contribution in [0.15, 0.2) is 0 Å². The molecule has 17 heavy (non-hydrogen) atoms. The van der Waals surface area contributed by atoms with Gasteiger partial charge in [-0.15, -0.1) is 11.3 Å². The Balaban J connectivity index is 2.83. The lowest BCUT2D eigenvalue weighted by Crippen LogP contribution is -2.37. The summed E-state index contributed by atoms with van der Waals surface area (Å²) < 4.78 is 0. The van der Waals surface area contributed by atoms with E-state index in [2.05, 4.69) is 4.98 Å². The van der Waals surface area contributed by atoms with Crippen LogP contribution in [0, 0.1) is 13.8 Å². The van der Waals surface area contributed by atoms with Crippen molar-refractivity contribution in [3.05, 3.63) is 15.6 Å². The molecule has 94 valence electrons. The van der Waals surface area contributed by atoms with Gasteiger partial charge in [-0.1, -0.05) is 0 Å². The molecule has 1 rings (SSSR count). The SMILES string of the molecule is Cc1nc(C(=O)N(C)C(C)CC(=O)O)c(C)s1. The zero-order chi connectivity index (χ0) is 13.2. The summed E-state index contributed by atoms with van der Waals surface area (Å²) in [6.07, 6.45) is -0.0651. The molecular formula is C11H16N2O3S. The number of aliphatic carboxylic acids is 1. The topological polar surface area (TPSA) is 70.5 Å². The lowest BCUT2D eigenvalue weighted by molar-refractivity contribution is -0.137. The lowest BCUT2D eigenvalue weighted by atomic mass is 10.2. The Morgan fingerprint density at radius 1 is 1.47 bits per heavy atom. The van der Waals surface area contributed by atoms with Crippen LogP contribution in [0.25, 0.3) is 0 Å². The number of carboxylic acid groups (broad SMARTS) is 1. The second-order valence-corrected chi connectivity index (χ2v) is 5.41. The van der Waals surface area contributed by atoms with Gasteiger partial charge in [0, 0.05) is 18.0 Å². The van der Waals surface area contributed by atoms with E-state index < -0.39 is 5.97 Å². The fraction of sp³-hybridized carbons (Fsp3) is 0.545. The van der Waals surface area contributed by atoms with Crippen LogP contribution in [-0.4, -0.2) is 40.0 Å². The Labute approximate surface area is 104 Å². The molecule has 1 heterocycles. The molecule has 1 N–H and O–H groups in total. The monoisotopic (exact) mass is 256 g/mol. The van der Waals surface area contributed by atoms with Crippen molar-refractivity contribution < 1.29 is 14.7 Å². The number of carboxylic acids is 1. The average Bonchev–Trinajstić information content (AvgIpc) is 2.54. The van der Waals surface area contributed by atoms with E-state index >= 15 is 0 Å². The van der Waals surface area contributed by atoms with Crippen LogP contribution in [0.4, 0.5) is 0 Å². The number of hydrogen-bond donors (Lipinski definition) is 1. The second-order valence-electron chi connectivity index (χ2n) is 4.00. The molecule has 0 fully saturated rings. The van der Waals surface area contributed by atoms with Gasteiger partial charge in [0.05, 0.1) is 11.4 Å². The summed E-state index contributed by atoms with van der Waals surface area (Å²) in [5.41, 5.74) is 0.423. The molecule has 0 saturated carbocycles. The van der Waals surface area contributed by atoms with Crippen LogP contribution in [0.1, 0.15) is 33.7 Å². The second kappa shape index (κ2) is 5.27. The first-order chi connectivity index (χ1) is 7.82. The van der Waals surface area contributed by atoms with Crippen molar-refractivity contribution in [1.82, 2.24) is 9.88 Å². The number of aromatic nitrogens is 1. The summed E-state index contributed by atoms with van der Waals surface area (Å²) >= 11 is 1.47. The van der Waals surface area contributed by atoms with Gasteiger partial charge in [-0.25, -0.2) is 4.98 Å². The minimum atomic E-state index is -0.914. The van der Waals surface area contributed by atoms with E-state index in [1.54, 1.807) is 14.0 Å². The van der Waals surface area contributed by atoms with E-state index in [4.69, 9.17) is 5.11 Å². The number of hydrogen-bond acceptors (Lipinski definition) is 4. The number of carbonyl (C=O) groups is 2. The maximum absolute atomic E-state index is 12.1. The molecule has 1 atom stereocenters. The normalized spacial score (nSPS) is 12.2. The van der Waals surface area contributed by atoms with Gasteiger partial charge in [-0.05, 0) is 20.8 Å². The Bertz CT molecular complexity index is 442. The van der Waals surface area contributed by atoms with Crippen molar-refractivity contribution in [2.45, 2.75) is 33.2 Å². The highest BCUT2D eigenvalue weighted by Crippen LogP contribution is 2.18. The van der Waals surface area contributed by atoms with Crippen molar-refractivity contribution in [3.63, 3.8) is 0 Å². The molecule has 1 aromatic heterocycles. The third kappa shape index (κ3) is 3.26. The van der Waals surface area contributed by atoms with Crippen LogP contribution in [0.2, 0.25) is 0 Å². The Kier molecular flexibility index (Phi) is 4.22. The summed E-state index contributed by atoms with van der Waals surface area (Å²) in [7, 11) is 1.60. The number of rotatable bonds is 4. The van der Waals surface area contributed by atoms with E-state index in [0.29, 0.717) is 5.69 Å². The summed E-state index contributed by atoms with van der Waals surface area (Å²) in [6, 6.07) is -0.346. The predicted octanol–water partition coefficient (Wildman–Crippen LogP) is 1.70. The Morgan fingerprint density at radius 3 is 2.47 bits per heavy atom. The highest BCUT2D eigenvalue weighted by atomic mass is 32.1. The predicted molar refractivity (Wildman–Crippen MR) is 65.4 cm³/mol. The summed E-state index contributed by atoms with van der Waals surface area (Å²) in [4.78, 5) is 29.1. The highest BCUT2D eigenvalue weighted by Gasteiger charge is 2.23. The molecule has 1 amide bonds. The van der Waals surface area contributed by atoms with Crippen molar-refractivity contribution >= 4 is 23.2 Å². The van der Waals surface area contributed by atoms with E-state index in [9.17, 15) is 9.59 Å². The quantitative estimate of drug-likeness (QED) is 0.890. The van der Waals surface area contributed by atoms with Crippen LogP contribution >= 0.6 is 11.3 Å². The van der Waals surface area contributed by atoms with Crippen LogP contribution in [0.3, 0.4) is 0 Å². The van der Waals surface area contributed by atoms with Gasteiger partial charge in [0.25, 0.3) is 5.91 Å². The van der Waals surface area contributed by atoms with Gasteiger partial charge in [0.15, 0.2) is 0 Å². The van der Waals surface area contributed by atoms with E-state index in [-0.39, 0.29) is 18.4 Å². The summed E-state index contributed by atoms with van der Waals surface area (Å²) in [6.45, 7) is 5.39. The van der Waals surface area contributed by atoms with Crippen molar-refractivity contribution in [2.24, 2.45) is 0 Å². The van der Waals surface area contributed by atoms with Gasteiger partial charge >= 0.3 is 5.97 Å². The van der Waals surface area contributed by atoms with Gasteiger partial charge < -0.3 is 10.0 Å². The van der Waals surface area contributed by atoms with Crippen molar-refractivity contribution in [1.29, 1.82) is 0 Å². The minimum Gasteiger partial charge on any atom is -0.481 e. The van der Waals surface area contributed by atoms with Crippen molar-refractivity contribution in [2.75, 3.05) is 7.05 Å². The first kappa shape index (κ1) is 13.6. The molecule has 0 radical (unpaired) electrons. The maximum Gasteiger partial charge on any atom is 0.305 e. The summed E-state index contributed by atoms with van der Waals surface area (Å²) in [5.74, 6) is -1.14. The molecule has 0 saturated heterocycles. The van der Waals surface area contributed by atoms with E-state index in [0.717, 1.165) is 9.88 Å². The first-order valence-electron chi connectivity index (χ1n) is 5.26. The van der Waals surface area contributed by atoms with E-state index in [1.165, 1.54) is 16.2 Å². The largest absolute Gasteiger partial charge is 0.481 e. The fourth-order valence-electron chi connectivity index (χ4n) is 1.48. The highest BCUT2D eigenvalue weighted by molar-refractivity contribution is 7.11. The van der Waals surface area contributed by atoms with Crippen LogP contribution in [0.5, 0.6) is 0 Å². The Hall–Kier alpha value is -1.43. The zero-order valence-corrected chi connectivity index (χ0v) is 11.2. The number of aryl methyl sites for hydroxylation is 2. The third-order valence-corrected chi connectivity index (χ3v) is 3.44. The molecule has 0 spiro atoms. The fourth-order valence-corrected chi connectivity index (χ4v) is 2.29. The van der Waals surface area contributed by atoms with Gasteiger partial charge in [0.1, 0.15) is 5.69 Å². The van der Waals surface area contributed by atoms with Crippen LogP contribution < -0.4 is 0 Å². The number of carbonyl (C=O) groups excluding carboxylic acids is 1. The number of thiazole rings is 1. The van der Waals surface area contributed by atoms with E-state index in [1.807, 2.05) is 13.8 Å². The lowest BCUT2D eigenvalue weighted by Gasteiger charge is -2.23. The smallest absolute Gasteiger partial charge is 0.305 e. The molecule has 0 aliphatic carbocycles. The standard InChI is InChI=1S/C11H16N2O3S/c1-6(5-9(14)15)13(4)11(16)10-7(2)17-8(3)12-10/h6H,5H2,1-4H3,(H,14,15). The van der Waals surface area contributed by atoms with Gasteiger partial charge in [-0.3, -0.25) is 9.59 Å². The van der Waals surface area contributed by atoms with Gasteiger partial charge in [0.2, 0.25) is 0 Å². The maximum atomic E-state index is 12.1. The molecule has 0 aliphatic rings. The molecule has 0 aliphatic heterocycles. The molecule has 5 nitrogen and oxygen atoms in total. The average molecular weight is 256 g/mol.